The monoisotopic (exact) mass is 446 g/mol. The SMILES string of the molecule is N#CC(=CNc1cc(C(=O)NCC(O)CO)cc(C(=O)NCC(O)CO)c1)c1nn[nH]n1. The van der Waals surface area contributed by atoms with E-state index in [1.54, 1.807) is 0 Å². The zero-order valence-corrected chi connectivity index (χ0v) is 16.7. The summed E-state index contributed by atoms with van der Waals surface area (Å²) in [5, 5.41) is 66.4. The number of anilines is 1. The molecule has 0 fully saturated rings. The van der Waals surface area contributed by atoms with E-state index < -0.39 is 37.2 Å². The van der Waals surface area contributed by atoms with E-state index in [9.17, 15) is 25.1 Å². The summed E-state index contributed by atoms with van der Waals surface area (Å²) in [7, 11) is 0. The van der Waals surface area contributed by atoms with Crippen molar-refractivity contribution in [2.45, 2.75) is 12.2 Å². The quantitative estimate of drug-likeness (QED) is 0.166. The van der Waals surface area contributed by atoms with Crippen LogP contribution in [0.2, 0.25) is 0 Å². The first-order valence-corrected chi connectivity index (χ1v) is 9.27. The maximum atomic E-state index is 12.4. The number of nitriles is 1. The topological polar surface area (TPSA) is 229 Å². The molecule has 32 heavy (non-hydrogen) atoms. The average Bonchev–Trinajstić information content (AvgIpc) is 3.35. The number of H-pyrrole nitrogens is 1. The third-order valence-electron chi connectivity index (χ3n) is 3.97. The second-order valence-electron chi connectivity index (χ2n) is 6.44. The normalized spacial score (nSPS) is 13.0. The number of hydrogen-bond donors (Lipinski definition) is 8. The summed E-state index contributed by atoms with van der Waals surface area (Å²) < 4.78 is 0. The number of nitrogens with zero attached hydrogens (tertiary/aromatic N) is 4. The predicted molar refractivity (Wildman–Crippen MR) is 109 cm³/mol. The number of carbonyl (C=O) groups excluding carboxylic acids is 2. The Labute approximate surface area is 181 Å². The fourth-order valence-electron chi connectivity index (χ4n) is 2.31. The molecule has 2 rings (SSSR count). The number of aliphatic hydroxyl groups is 4. The smallest absolute Gasteiger partial charge is 0.251 e. The number of allylic oxidation sites excluding steroid dienone is 1. The van der Waals surface area contributed by atoms with Crippen molar-refractivity contribution in [2.75, 3.05) is 31.6 Å². The Morgan fingerprint density at radius 2 is 1.62 bits per heavy atom. The van der Waals surface area contributed by atoms with Gasteiger partial charge < -0.3 is 36.4 Å². The Morgan fingerprint density at radius 1 is 1.06 bits per heavy atom. The van der Waals surface area contributed by atoms with Gasteiger partial charge >= 0.3 is 0 Å². The van der Waals surface area contributed by atoms with Gasteiger partial charge in [0.1, 0.15) is 11.6 Å². The largest absolute Gasteiger partial charge is 0.394 e. The molecule has 8 N–H and O–H groups in total. The molecular weight excluding hydrogens is 424 g/mol. The van der Waals surface area contributed by atoms with E-state index in [0.29, 0.717) is 0 Å². The van der Waals surface area contributed by atoms with Crippen molar-refractivity contribution in [3.05, 3.63) is 41.4 Å². The number of carbonyl (C=O) groups is 2. The van der Waals surface area contributed by atoms with Gasteiger partial charge in [-0.15, -0.1) is 10.2 Å². The number of hydrogen-bond acceptors (Lipinski definition) is 11. The van der Waals surface area contributed by atoms with Crippen molar-refractivity contribution in [2.24, 2.45) is 0 Å². The van der Waals surface area contributed by atoms with E-state index in [2.05, 4.69) is 36.6 Å². The Hall–Kier alpha value is -3.90. The molecule has 0 aliphatic rings. The van der Waals surface area contributed by atoms with E-state index in [0.717, 1.165) is 0 Å². The number of benzene rings is 1. The van der Waals surface area contributed by atoms with Gasteiger partial charge in [-0.2, -0.15) is 10.5 Å². The molecular formula is C18H22N8O6. The van der Waals surface area contributed by atoms with Gasteiger partial charge in [-0.3, -0.25) is 9.59 Å². The molecule has 0 spiro atoms. The molecule has 2 amide bonds. The van der Waals surface area contributed by atoms with Crippen molar-refractivity contribution in [1.82, 2.24) is 31.3 Å². The number of rotatable bonds is 11. The van der Waals surface area contributed by atoms with Crippen LogP contribution in [0.15, 0.2) is 24.4 Å². The lowest BCUT2D eigenvalue weighted by atomic mass is 10.1. The molecule has 14 nitrogen and oxygen atoms in total. The maximum absolute atomic E-state index is 12.4. The first-order chi connectivity index (χ1) is 15.4. The van der Waals surface area contributed by atoms with E-state index >= 15 is 0 Å². The van der Waals surface area contributed by atoms with Crippen molar-refractivity contribution >= 4 is 23.1 Å². The number of aliphatic hydroxyl groups excluding tert-OH is 4. The van der Waals surface area contributed by atoms with Crippen LogP contribution in [0.4, 0.5) is 5.69 Å². The lowest BCUT2D eigenvalue weighted by molar-refractivity contribution is 0.0800. The van der Waals surface area contributed by atoms with Gasteiger partial charge in [0.05, 0.1) is 25.4 Å². The lowest BCUT2D eigenvalue weighted by Crippen LogP contribution is -2.35. The minimum absolute atomic E-state index is 0.0248. The number of tetrazole rings is 1. The highest BCUT2D eigenvalue weighted by atomic mass is 16.3. The summed E-state index contributed by atoms with van der Waals surface area (Å²) in [5.74, 6) is -1.23. The highest BCUT2D eigenvalue weighted by molar-refractivity contribution is 6.01. The second kappa shape index (κ2) is 12.1. The molecule has 1 aromatic carbocycles. The standard InChI is InChI=1S/C18H22N8O6/c19-4-12(16-23-25-26-24-16)5-20-13-2-10(17(31)21-6-14(29)8-27)1-11(3-13)18(32)22-7-15(30)9-28/h1-3,5,14-15,20,27-30H,6-9H2,(H,21,31)(H,22,32)(H,23,24,25,26). The molecule has 2 aromatic rings. The van der Waals surface area contributed by atoms with Crippen LogP contribution < -0.4 is 16.0 Å². The van der Waals surface area contributed by atoms with E-state index in [-0.39, 0.29) is 41.3 Å². The summed E-state index contributed by atoms with van der Waals surface area (Å²) in [6.45, 7) is -1.51. The summed E-state index contributed by atoms with van der Waals surface area (Å²) in [5.41, 5.74) is 0.361. The predicted octanol–water partition coefficient (Wildman–Crippen LogP) is -2.66. The van der Waals surface area contributed by atoms with Crippen LogP contribution in [0.1, 0.15) is 26.5 Å². The lowest BCUT2D eigenvalue weighted by Gasteiger charge is -2.13. The first-order valence-electron chi connectivity index (χ1n) is 9.27. The molecule has 1 aromatic heterocycles. The molecule has 2 atom stereocenters. The van der Waals surface area contributed by atoms with Crippen LogP contribution in [0.3, 0.4) is 0 Å². The molecule has 0 aliphatic carbocycles. The van der Waals surface area contributed by atoms with Crippen molar-refractivity contribution < 1.29 is 30.0 Å². The van der Waals surface area contributed by atoms with Crippen LogP contribution in [0.5, 0.6) is 0 Å². The Balaban J connectivity index is 2.29. The van der Waals surface area contributed by atoms with Crippen molar-refractivity contribution in [3.63, 3.8) is 0 Å². The highest BCUT2D eigenvalue weighted by Crippen LogP contribution is 2.17. The first kappa shape index (κ1) is 24.4. The number of aromatic nitrogens is 4. The van der Waals surface area contributed by atoms with Crippen LogP contribution in [0.25, 0.3) is 5.57 Å². The summed E-state index contributed by atoms with van der Waals surface area (Å²) >= 11 is 0. The molecule has 0 saturated heterocycles. The van der Waals surface area contributed by atoms with Gasteiger partial charge in [0, 0.05) is 36.1 Å². The number of nitrogens with one attached hydrogen (secondary N) is 4. The van der Waals surface area contributed by atoms with E-state index in [1.807, 2.05) is 6.07 Å². The Kier molecular flexibility index (Phi) is 9.20. The van der Waals surface area contributed by atoms with Gasteiger partial charge in [-0.1, -0.05) is 0 Å². The van der Waals surface area contributed by atoms with Crippen molar-refractivity contribution in [3.8, 4) is 6.07 Å². The summed E-state index contributed by atoms with van der Waals surface area (Å²) in [6, 6.07) is 5.94. The minimum atomic E-state index is -1.15. The zero-order valence-electron chi connectivity index (χ0n) is 16.7. The molecule has 0 aliphatic heterocycles. The molecule has 170 valence electrons. The third-order valence-corrected chi connectivity index (χ3v) is 3.97. The van der Waals surface area contributed by atoms with Gasteiger partial charge in [0.2, 0.25) is 5.82 Å². The highest BCUT2D eigenvalue weighted by Gasteiger charge is 2.15. The molecule has 2 unspecified atom stereocenters. The number of aromatic amines is 1. The van der Waals surface area contributed by atoms with Crippen molar-refractivity contribution in [1.29, 1.82) is 5.26 Å². The van der Waals surface area contributed by atoms with E-state index in [1.165, 1.54) is 24.4 Å². The fourth-order valence-corrected chi connectivity index (χ4v) is 2.31. The number of amides is 2. The van der Waals surface area contributed by atoms with Gasteiger partial charge in [0.15, 0.2) is 0 Å². The zero-order chi connectivity index (χ0) is 23.5. The third kappa shape index (κ3) is 7.11. The molecule has 1 heterocycles. The van der Waals surface area contributed by atoms with Gasteiger partial charge in [0.25, 0.3) is 11.8 Å². The fraction of sp³-hybridized carbons (Fsp3) is 0.333. The molecule has 14 heteroatoms. The second-order valence-corrected chi connectivity index (χ2v) is 6.44. The molecule has 0 radical (unpaired) electrons. The van der Waals surface area contributed by atoms with Gasteiger partial charge in [-0.05, 0) is 23.4 Å². The van der Waals surface area contributed by atoms with Gasteiger partial charge in [-0.25, -0.2) is 0 Å². The maximum Gasteiger partial charge on any atom is 0.251 e. The summed E-state index contributed by atoms with van der Waals surface area (Å²) in [6.07, 6.45) is -1.05. The van der Waals surface area contributed by atoms with Crippen LogP contribution in [-0.2, 0) is 0 Å². The Bertz CT molecular complexity index is 944. The molecule has 0 bridgehead atoms. The van der Waals surface area contributed by atoms with Crippen LogP contribution in [-0.4, -0.2) is 91.4 Å². The molecule has 0 saturated carbocycles. The summed E-state index contributed by atoms with van der Waals surface area (Å²) in [4.78, 5) is 24.9. The van der Waals surface area contributed by atoms with Crippen LogP contribution >= 0.6 is 0 Å². The van der Waals surface area contributed by atoms with Crippen LogP contribution in [0, 0.1) is 11.3 Å². The minimum Gasteiger partial charge on any atom is -0.394 e. The Morgan fingerprint density at radius 3 is 2.06 bits per heavy atom. The average molecular weight is 446 g/mol. The van der Waals surface area contributed by atoms with E-state index in [4.69, 9.17) is 10.2 Å².